The summed E-state index contributed by atoms with van der Waals surface area (Å²) in [4.78, 5) is 23.4. The first-order valence-corrected chi connectivity index (χ1v) is 6.23. The van der Waals surface area contributed by atoms with E-state index in [4.69, 9.17) is 38.5 Å². The largest absolute Gasteiger partial charge is 0.484 e. The van der Waals surface area contributed by atoms with Gasteiger partial charge in [-0.1, -0.05) is 23.2 Å². The van der Waals surface area contributed by atoms with Gasteiger partial charge in [-0.05, 0) is 12.1 Å². The Hall–Kier alpha value is -2.08. The molecule has 0 aliphatic carbocycles. The first kappa shape index (κ1) is 14.3. The number of fused-ring (bicyclic) bond motifs is 1. The van der Waals surface area contributed by atoms with Crippen molar-refractivity contribution in [2.45, 2.75) is 6.10 Å². The minimum atomic E-state index is -1.26. The van der Waals surface area contributed by atoms with Gasteiger partial charge in [-0.2, -0.15) is 10.5 Å². The maximum absolute atomic E-state index is 12.3. The van der Waals surface area contributed by atoms with Crippen LogP contribution in [0.25, 0.3) is 0 Å². The van der Waals surface area contributed by atoms with Gasteiger partial charge < -0.3 is 9.53 Å². The Morgan fingerprint density at radius 3 is 2.50 bits per heavy atom. The molecule has 1 aromatic carbocycles. The number of nitriles is 2. The maximum atomic E-state index is 12.3. The molecule has 0 aromatic heterocycles. The zero-order valence-corrected chi connectivity index (χ0v) is 11.4. The van der Waals surface area contributed by atoms with Crippen LogP contribution in [0.2, 0.25) is 10.0 Å². The molecule has 0 bridgehead atoms. The molecule has 1 aromatic rings. The van der Waals surface area contributed by atoms with Gasteiger partial charge in [0.25, 0.3) is 0 Å². The predicted molar refractivity (Wildman–Crippen MR) is 69.5 cm³/mol. The highest BCUT2D eigenvalue weighted by molar-refractivity contribution is 6.36. The Bertz CT molecular complexity index is 661. The van der Waals surface area contributed by atoms with Crippen LogP contribution in [0.1, 0.15) is 10.4 Å². The third-order valence-electron chi connectivity index (χ3n) is 2.94. The summed E-state index contributed by atoms with van der Waals surface area (Å²) in [6.07, 6.45) is -0.812. The average molecular weight is 309 g/mol. The lowest BCUT2D eigenvalue weighted by Gasteiger charge is -2.30. The number of hydrogen-bond acceptors (Lipinski definition) is 5. The lowest BCUT2D eigenvalue weighted by Crippen LogP contribution is -2.43. The van der Waals surface area contributed by atoms with Crippen molar-refractivity contribution in [1.29, 1.82) is 10.5 Å². The highest BCUT2D eigenvalue weighted by Crippen LogP contribution is 2.40. The van der Waals surface area contributed by atoms with E-state index in [9.17, 15) is 9.59 Å². The summed E-state index contributed by atoms with van der Waals surface area (Å²) >= 11 is 11.8. The number of aldehydes is 1. The van der Waals surface area contributed by atoms with Crippen molar-refractivity contribution in [1.82, 2.24) is 0 Å². The number of ketones is 1. The smallest absolute Gasteiger partial charge is 0.180 e. The van der Waals surface area contributed by atoms with Crippen LogP contribution in [0.15, 0.2) is 12.1 Å². The number of hydrogen-bond donors (Lipinski definition) is 0. The van der Waals surface area contributed by atoms with Crippen LogP contribution >= 0.6 is 23.2 Å². The third kappa shape index (κ3) is 2.22. The van der Waals surface area contributed by atoms with Crippen LogP contribution in [0.3, 0.4) is 0 Å². The van der Waals surface area contributed by atoms with E-state index in [1.807, 2.05) is 0 Å². The molecule has 7 heteroatoms. The number of carbonyl (C=O) groups excluding carboxylic acids is 2. The molecule has 0 fully saturated rings. The van der Waals surface area contributed by atoms with Crippen molar-refractivity contribution >= 4 is 35.3 Å². The molecule has 2 unspecified atom stereocenters. The number of benzene rings is 1. The molecular weight excluding hydrogens is 303 g/mol. The molecule has 0 saturated heterocycles. The van der Waals surface area contributed by atoms with Crippen LogP contribution in [-0.2, 0) is 4.79 Å². The Morgan fingerprint density at radius 1 is 1.30 bits per heavy atom. The van der Waals surface area contributed by atoms with E-state index in [0.29, 0.717) is 6.29 Å². The zero-order valence-electron chi connectivity index (χ0n) is 9.84. The van der Waals surface area contributed by atoms with Crippen LogP contribution in [-0.4, -0.2) is 18.2 Å². The summed E-state index contributed by atoms with van der Waals surface area (Å²) in [5, 5.41) is 18.1. The molecule has 5 nitrogen and oxygen atoms in total. The first-order valence-electron chi connectivity index (χ1n) is 5.48. The average Bonchev–Trinajstić information content (AvgIpc) is 2.42. The Labute approximate surface area is 124 Å². The summed E-state index contributed by atoms with van der Waals surface area (Å²) in [6, 6.07) is 6.12. The lowest BCUT2D eigenvalue weighted by atomic mass is 9.84. The number of halogens is 2. The standard InChI is InChI=1S/C13H6Cl2N2O3/c14-7-1-8-11(19)9(5-18)12(6(3-16)4-17)20-13(8)10(15)2-7/h1-2,5-6,9,12H. The molecule has 0 N–H and O–H groups in total. The molecular formula is C13H6Cl2N2O3. The normalized spacial score (nSPS) is 20.6. The quantitative estimate of drug-likeness (QED) is 0.618. The van der Waals surface area contributed by atoms with E-state index < -0.39 is 23.7 Å². The Kier molecular flexibility index (Phi) is 3.94. The predicted octanol–water partition coefficient (Wildman–Crippen LogP) is 2.42. The number of nitrogens with zero attached hydrogens (tertiary/aromatic N) is 2. The van der Waals surface area contributed by atoms with Crippen molar-refractivity contribution < 1.29 is 14.3 Å². The minimum Gasteiger partial charge on any atom is -0.484 e. The fourth-order valence-electron chi connectivity index (χ4n) is 1.99. The van der Waals surface area contributed by atoms with Gasteiger partial charge in [0, 0.05) is 5.02 Å². The first-order chi connectivity index (χ1) is 9.53. The van der Waals surface area contributed by atoms with Gasteiger partial charge in [0.05, 0.1) is 22.7 Å². The van der Waals surface area contributed by atoms with Crippen LogP contribution in [0.5, 0.6) is 5.75 Å². The third-order valence-corrected chi connectivity index (χ3v) is 3.44. The molecule has 1 aliphatic heterocycles. The zero-order chi connectivity index (χ0) is 14.9. The van der Waals surface area contributed by atoms with Crippen molar-refractivity contribution in [2.24, 2.45) is 11.8 Å². The SMILES string of the molecule is N#CC(C#N)C1Oc2c(Cl)cc(Cl)cc2C(=O)C1C=O. The van der Waals surface area contributed by atoms with E-state index in [1.165, 1.54) is 12.1 Å². The van der Waals surface area contributed by atoms with Gasteiger partial charge in [0.2, 0.25) is 0 Å². The van der Waals surface area contributed by atoms with Crippen molar-refractivity contribution in [2.75, 3.05) is 0 Å². The highest BCUT2D eigenvalue weighted by Gasteiger charge is 2.43. The molecule has 0 spiro atoms. The summed E-state index contributed by atoms with van der Waals surface area (Å²) in [7, 11) is 0. The second-order valence-electron chi connectivity index (χ2n) is 4.11. The van der Waals surface area contributed by atoms with Crippen molar-refractivity contribution in [3.63, 3.8) is 0 Å². The van der Waals surface area contributed by atoms with Gasteiger partial charge in [0.15, 0.2) is 11.7 Å². The summed E-state index contributed by atoms with van der Waals surface area (Å²) in [6.45, 7) is 0. The van der Waals surface area contributed by atoms with E-state index in [2.05, 4.69) is 0 Å². The monoisotopic (exact) mass is 308 g/mol. The lowest BCUT2D eigenvalue weighted by molar-refractivity contribution is -0.112. The maximum Gasteiger partial charge on any atom is 0.180 e. The summed E-state index contributed by atoms with van der Waals surface area (Å²) in [5.41, 5.74) is 0.0745. The second kappa shape index (κ2) is 5.50. The fraction of sp³-hybridized carbons (Fsp3) is 0.231. The molecule has 0 radical (unpaired) electrons. The number of carbonyl (C=O) groups is 2. The Balaban J connectivity index is 2.58. The molecule has 20 heavy (non-hydrogen) atoms. The van der Waals surface area contributed by atoms with Gasteiger partial charge in [-0.15, -0.1) is 0 Å². The van der Waals surface area contributed by atoms with E-state index >= 15 is 0 Å². The fourth-order valence-corrected chi connectivity index (χ4v) is 2.53. The van der Waals surface area contributed by atoms with Gasteiger partial charge in [-0.25, -0.2) is 0 Å². The van der Waals surface area contributed by atoms with Crippen molar-refractivity contribution in [3.05, 3.63) is 27.7 Å². The van der Waals surface area contributed by atoms with E-state index in [1.54, 1.807) is 12.1 Å². The van der Waals surface area contributed by atoms with Gasteiger partial charge >= 0.3 is 0 Å². The topological polar surface area (TPSA) is 90.9 Å². The number of rotatable bonds is 2. The molecule has 0 saturated carbocycles. The van der Waals surface area contributed by atoms with E-state index in [0.717, 1.165) is 0 Å². The number of Topliss-reactive ketones (excluding diaryl/α,β-unsaturated/α-hetero) is 1. The van der Waals surface area contributed by atoms with E-state index in [-0.39, 0.29) is 21.4 Å². The highest BCUT2D eigenvalue weighted by atomic mass is 35.5. The molecule has 2 rings (SSSR count). The minimum absolute atomic E-state index is 0.0414. The molecule has 0 amide bonds. The summed E-state index contributed by atoms with van der Waals surface area (Å²) < 4.78 is 5.45. The molecule has 1 aliphatic rings. The van der Waals surface area contributed by atoms with Gasteiger partial charge in [0.1, 0.15) is 24.1 Å². The van der Waals surface area contributed by atoms with Crippen molar-refractivity contribution in [3.8, 4) is 17.9 Å². The van der Waals surface area contributed by atoms with Gasteiger partial charge in [-0.3, -0.25) is 4.79 Å². The molecule has 1 heterocycles. The Morgan fingerprint density at radius 2 is 1.95 bits per heavy atom. The second-order valence-corrected chi connectivity index (χ2v) is 4.95. The van der Waals surface area contributed by atoms with Crippen LogP contribution in [0.4, 0.5) is 0 Å². The van der Waals surface area contributed by atoms with Crippen LogP contribution < -0.4 is 4.74 Å². The summed E-state index contributed by atoms with van der Waals surface area (Å²) in [5.74, 6) is -3.01. The van der Waals surface area contributed by atoms with Crippen LogP contribution in [0, 0.1) is 34.5 Å². The number of ether oxygens (including phenoxy) is 1. The molecule has 100 valence electrons. The molecule has 2 atom stereocenters.